The van der Waals surface area contributed by atoms with Gasteiger partial charge in [-0.15, -0.1) is 0 Å². The van der Waals surface area contributed by atoms with Crippen molar-refractivity contribution in [2.75, 3.05) is 51.4 Å². The van der Waals surface area contributed by atoms with Gasteiger partial charge in [0.25, 0.3) is 0 Å². The second kappa shape index (κ2) is 10.7. The SMILES string of the molecule is COc1ccc(-c2c(-c3ccc(C#N)c(F)c3)[nH]c(N3CCC(N4CCOCC4)CC3)cc2=O)cc1F. The van der Waals surface area contributed by atoms with E-state index in [1.807, 2.05) is 6.07 Å². The Morgan fingerprint density at radius 2 is 1.70 bits per heavy atom. The maximum atomic E-state index is 14.6. The Labute approximate surface area is 213 Å². The number of rotatable bonds is 5. The molecule has 0 aliphatic carbocycles. The largest absolute Gasteiger partial charge is 0.494 e. The van der Waals surface area contributed by atoms with Gasteiger partial charge in [-0.05, 0) is 42.7 Å². The maximum Gasteiger partial charge on any atom is 0.192 e. The third-order valence-corrected chi connectivity index (χ3v) is 7.20. The van der Waals surface area contributed by atoms with Gasteiger partial charge in [0, 0.05) is 43.9 Å². The third kappa shape index (κ3) is 5.08. The first-order valence-electron chi connectivity index (χ1n) is 12.4. The number of aromatic nitrogens is 1. The van der Waals surface area contributed by atoms with Crippen LogP contribution in [0.4, 0.5) is 14.6 Å². The number of hydrogen-bond acceptors (Lipinski definition) is 6. The maximum absolute atomic E-state index is 14.6. The van der Waals surface area contributed by atoms with Crippen LogP contribution in [0.5, 0.6) is 5.75 Å². The highest BCUT2D eigenvalue weighted by Crippen LogP contribution is 2.33. The van der Waals surface area contributed by atoms with Crippen LogP contribution in [0.3, 0.4) is 0 Å². The molecule has 2 saturated heterocycles. The molecule has 1 aromatic heterocycles. The van der Waals surface area contributed by atoms with Crippen LogP contribution in [0.15, 0.2) is 47.3 Å². The molecule has 0 saturated carbocycles. The van der Waals surface area contributed by atoms with Gasteiger partial charge in [-0.3, -0.25) is 9.69 Å². The molecule has 1 N–H and O–H groups in total. The summed E-state index contributed by atoms with van der Waals surface area (Å²) in [5.41, 5.74) is 0.919. The Morgan fingerprint density at radius 1 is 1.00 bits per heavy atom. The number of halogens is 2. The number of benzene rings is 2. The predicted octanol–water partition coefficient (Wildman–Crippen LogP) is 4.17. The van der Waals surface area contributed by atoms with E-state index >= 15 is 0 Å². The summed E-state index contributed by atoms with van der Waals surface area (Å²) in [6.07, 6.45) is 1.91. The molecule has 2 aromatic carbocycles. The molecule has 0 spiro atoms. The zero-order chi connectivity index (χ0) is 25.9. The Bertz CT molecular complexity index is 1390. The number of aromatic amines is 1. The number of H-pyrrole nitrogens is 1. The van der Waals surface area contributed by atoms with Gasteiger partial charge in [-0.25, -0.2) is 8.78 Å². The number of morpholine rings is 1. The highest BCUT2D eigenvalue weighted by molar-refractivity contribution is 5.82. The quantitative estimate of drug-likeness (QED) is 0.560. The molecule has 37 heavy (non-hydrogen) atoms. The van der Waals surface area contributed by atoms with Crippen LogP contribution in [-0.2, 0) is 4.74 Å². The lowest BCUT2D eigenvalue weighted by Crippen LogP contribution is -2.49. The second-order valence-corrected chi connectivity index (χ2v) is 9.29. The van der Waals surface area contributed by atoms with E-state index in [4.69, 9.17) is 14.7 Å². The molecule has 3 heterocycles. The van der Waals surface area contributed by atoms with Crippen LogP contribution >= 0.6 is 0 Å². The van der Waals surface area contributed by atoms with E-state index in [1.54, 1.807) is 12.1 Å². The van der Waals surface area contributed by atoms with Gasteiger partial charge in [0.2, 0.25) is 0 Å². The number of nitriles is 1. The molecule has 5 rings (SSSR count). The average Bonchev–Trinajstić information content (AvgIpc) is 2.93. The molecule has 2 aliphatic rings. The number of methoxy groups -OCH3 is 1. The zero-order valence-corrected chi connectivity index (χ0v) is 20.6. The lowest BCUT2D eigenvalue weighted by molar-refractivity contribution is 0.0115. The van der Waals surface area contributed by atoms with Gasteiger partial charge in [-0.1, -0.05) is 12.1 Å². The number of piperidine rings is 1. The predicted molar refractivity (Wildman–Crippen MR) is 137 cm³/mol. The Hall–Kier alpha value is -3.74. The molecule has 0 bridgehead atoms. The summed E-state index contributed by atoms with van der Waals surface area (Å²) in [6.45, 7) is 4.90. The van der Waals surface area contributed by atoms with Gasteiger partial charge >= 0.3 is 0 Å². The van der Waals surface area contributed by atoms with E-state index in [0.717, 1.165) is 52.2 Å². The normalized spacial score (nSPS) is 17.0. The minimum atomic E-state index is -0.690. The fraction of sp³-hybridized carbons (Fsp3) is 0.357. The van der Waals surface area contributed by atoms with Gasteiger partial charge in [0.15, 0.2) is 17.0 Å². The van der Waals surface area contributed by atoms with Crippen molar-refractivity contribution in [3.05, 3.63) is 69.9 Å². The zero-order valence-electron chi connectivity index (χ0n) is 20.6. The molecular formula is C28H28F2N4O3. The molecule has 0 atom stereocenters. The van der Waals surface area contributed by atoms with Crippen LogP contribution < -0.4 is 15.1 Å². The molecule has 9 heteroatoms. The van der Waals surface area contributed by atoms with Crippen molar-refractivity contribution in [2.24, 2.45) is 0 Å². The van der Waals surface area contributed by atoms with Crippen LogP contribution in [0.1, 0.15) is 18.4 Å². The first-order valence-corrected chi connectivity index (χ1v) is 12.4. The molecule has 0 unspecified atom stereocenters. The number of ether oxygens (including phenoxy) is 2. The van der Waals surface area contributed by atoms with Crippen molar-refractivity contribution in [3.63, 3.8) is 0 Å². The van der Waals surface area contributed by atoms with E-state index in [2.05, 4.69) is 14.8 Å². The minimum Gasteiger partial charge on any atom is -0.494 e. The molecule has 2 fully saturated rings. The fourth-order valence-corrected chi connectivity index (χ4v) is 5.22. The monoisotopic (exact) mass is 506 g/mol. The van der Waals surface area contributed by atoms with Crippen molar-refractivity contribution < 1.29 is 18.3 Å². The Balaban J connectivity index is 1.53. The first kappa shape index (κ1) is 24.9. The van der Waals surface area contributed by atoms with Crippen LogP contribution in [0.2, 0.25) is 0 Å². The first-order chi connectivity index (χ1) is 18.0. The lowest BCUT2D eigenvalue weighted by Gasteiger charge is -2.40. The molecule has 192 valence electrons. The molecule has 7 nitrogen and oxygen atoms in total. The summed E-state index contributed by atoms with van der Waals surface area (Å²) < 4.78 is 39.7. The van der Waals surface area contributed by atoms with Crippen molar-refractivity contribution in [1.82, 2.24) is 9.88 Å². The molecule has 3 aromatic rings. The topological polar surface area (TPSA) is 81.6 Å². The summed E-state index contributed by atoms with van der Waals surface area (Å²) in [6, 6.07) is 12.3. The highest BCUT2D eigenvalue weighted by atomic mass is 19.1. The summed E-state index contributed by atoms with van der Waals surface area (Å²) in [7, 11) is 1.37. The fourth-order valence-electron chi connectivity index (χ4n) is 5.22. The number of anilines is 1. The molecular weight excluding hydrogens is 478 g/mol. The molecule has 2 aliphatic heterocycles. The standard InChI is InChI=1S/C28H28F2N4O3/c1-36-25-5-4-18(14-23(25)30)27-24(35)16-26(32-28(27)19-2-3-20(17-31)22(29)15-19)34-8-6-21(7-9-34)33-10-12-37-13-11-33/h2-5,14-16,21H,6-13H2,1H3,(H,32,35). The van der Waals surface area contributed by atoms with Crippen LogP contribution in [0.25, 0.3) is 22.4 Å². The van der Waals surface area contributed by atoms with E-state index < -0.39 is 11.6 Å². The van der Waals surface area contributed by atoms with Gasteiger partial charge in [0.1, 0.15) is 17.7 Å². The Kier molecular flexibility index (Phi) is 7.22. The number of nitrogens with one attached hydrogen (secondary N) is 1. The number of nitrogens with zero attached hydrogens (tertiary/aromatic N) is 3. The summed E-state index contributed by atoms with van der Waals surface area (Å²) >= 11 is 0. The van der Waals surface area contributed by atoms with E-state index in [0.29, 0.717) is 28.7 Å². The lowest BCUT2D eigenvalue weighted by atomic mass is 9.97. The van der Waals surface area contributed by atoms with Gasteiger partial charge < -0.3 is 19.4 Å². The van der Waals surface area contributed by atoms with Crippen molar-refractivity contribution in [2.45, 2.75) is 18.9 Å². The molecule has 0 amide bonds. The number of pyridine rings is 1. The Morgan fingerprint density at radius 3 is 2.35 bits per heavy atom. The van der Waals surface area contributed by atoms with Crippen molar-refractivity contribution in [1.29, 1.82) is 5.26 Å². The summed E-state index contributed by atoms with van der Waals surface area (Å²) in [5, 5.41) is 9.15. The van der Waals surface area contributed by atoms with E-state index in [1.165, 1.54) is 37.4 Å². The minimum absolute atomic E-state index is 0.0610. The second-order valence-electron chi connectivity index (χ2n) is 9.29. The van der Waals surface area contributed by atoms with E-state index in [9.17, 15) is 13.6 Å². The summed E-state index contributed by atoms with van der Waals surface area (Å²) in [5.74, 6) is -0.608. The highest BCUT2D eigenvalue weighted by Gasteiger charge is 2.27. The van der Waals surface area contributed by atoms with Crippen LogP contribution in [-0.4, -0.2) is 62.4 Å². The van der Waals surface area contributed by atoms with Crippen molar-refractivity contribution in [3.8, 4) is 34.2 Å². The van der Waals surface area contributed by atoms with E-state index in [-0.39, 0.29) is 22.3 Å². The van der Waals surface area contributed by atoms with Gasteiger partial charge in [0.05, 0.1) is 37.1 Å². The third-order valence-electron chi connectivity index (χ3n) is 7.20. The van der Waals surface area contributed by atoms with Crippen molar-refractivity contribution >= 4 is 5.82 Å². The average molecular weight is 507 g/mol. The van der Waals surface area contributed by atoms with Gasteiger partial charge in [-0.2, -0.15) is 5.26 Å². The number of hydrogen-bond donors (Lipinski definition) is 1. The smallest absolute Gasteiger partial charge is 0.192 e. The molecule has 0 radical (unpaired) electrons. The summed E-state index contributed by atoms with van der Waals surface area (Å²) in [4.78, 5) is 21.4. The van der Waals surface area contributed by atoms with Crippen LogP contribution in [0, 0.1) is 23.0 Å².